The minimum atomic E-state index is -0.619. The fourth-order valence-corrected chi connectivity index (χ4v) is 1.64. The van der Waals surface area contributed by atoms with E-state index in [1.54, 1.807) is 6.07 Å². The first-order chi connectivity index (χ1) is 9.85. The van der Waals surface area contributed by atoms with Crippen molar-refractivity contribution in [3.05, 3.63) is 55.5 Å². The van der Waals surface area contributed by atoms with Crippen molar-refractivity contribution in [3.8, 4) is 6.07 Å². The molecule has 0 saturated heterocycles. The molecule has 0 atom stereocenters. The molecule has 0 aliphatic rings. The zero-order chi connectivity index (χ0) is 16.0. The number of hydrogen-bond donors (Lipinski definition) is 1. The Hall–Kier alpha value is -2.14. The molecule has 0 aliphatic carbocycles. The summed E-state index contributed by atoms with van der Waals surface area (Å²) in [5.41, 5.74) is 5.64. The zero-order valence-electron chi connectivity index (χ0n) is 10.1. The standard InChI is InChI=1S/C6H4ClN3.C5H2Cl2N2O2/c7-6-2-1-4(9)5(3-8)10-6;6-4-2-1-3(9(10)11)5(7)8-4/h1-2H,9H2;1-2H. The molecule has 2 aromatic heterocycles. The number of pyridine rings is 2. The molecule has 0 fully saturated rings. The third-order valence-electron chi connectivity index (χ3n) is 1.99. The van der Waals surface area contributed by atoms with E-state index in [9.17, 15) is 10.1 Å². The Kier molecular flexibility index (Phi) is 6.11. The number of halogens is 3. The van der Waals surface area contributed by atoms with Crippen molar-refractivity contribution in [2.45, 2.75) is 0 Å². The largest absolute Gasteiger partial charge is 0.396 e. The minimum Gasteiger partial charge on any atom is -0.396 e. The molecule has 21 heavy (non-hydrogen) atoms. The first kappa shape index (κ1) is 16.9. The summed E-state index contributed by atoms with van der Waals surface area (Å²) in [6.45, 7) is 0. The zero-order valence-corrected chi connectivity index (χ0v) is 12.4. The number of hydrogen-bond acceptors (Lipinski definition) is 6. The molecule has 0 aliphatic heterocycles. The van der Waals surface area contributed by atoms with Gasteiger partial charge in [0.15, 0.2) is 5.69 Å². The fourth-order valence-electron chi connectivity index (χ4n) is 1.08. The fraction of sp³-hybridized carbons (Fsp3) is 0. The van der Waals surface area contributed by atoms with Gasteiger partial charge in [-0.05, 0) is 18.2 Å². The van der Waals surface area contributed by atoms with E-state index in [0.717, 1.165) is 0 Å². The van der Waals surface area contributed by atoms with E-state index in [2.05, 4.69) is 9.97 Å². The lowest BCUT2D eigenvalue weighted by Gasteiger charge is -1.93. The highest BCUT2D eigenvalue weighted by molar-refractivity contribution is 6.33. The molecule has 2 N–H and O–H groups in total. The topological polar surface area (TPSA) is 119 Å². The van der Waals surface area contributed by atoms with E-state index in [1.165, 1.54) is 18.2 Å². The molecule has 2 aromatic rings. The lowest BCUT2D eigenvalue weighted by atomic mass is 10.3. The van der Waals surface area contributed by atoms with Gasteiger partial charge in [0.25, 0.3) is 0 Å². The first-order valence-electron chi connectivity index (χ1n) is 5.13. The second-order valence-electron chi connectivity index (χ2n) is 3.38. The van der Waals surface area contributed by atoms with Crippen LogP contribution in [0.25, 0.3) is 0 Å². The molecule has 2 rings (SSSR count). The van der Waals surface area contributed by atoms with Crippen LogP contribution in [0.5, 0.6) is 0 Å². The molecule has 0 unspecified atom stereocenters. The van der Waals surface area contributed by atoms with Crippen molar-refractivity contribution >= 4 is 46.2 Å². The van der Waals surface area contributed by atoms with Crippen LogP contribution in [0.15, 0.2) is 24.3 Å². The highest BCUT2D eigenvalue weighted by atomic mass is 35.5. The van der Waals surface area contributed by atoms with Crippen LogP contribution in [-0.2, 0) is 0 Å². The lowest BCUT2D eigenvalue weighted by molar-refractivity contribution is -0.385. The monoisotopic (exact) mass is 345 g/mol. The molecule has 108 valence electrons. The summed E-state index contributed by atoms with van der Waals surface area (Å²) < 4.78 is 0. The molecule has 0 radical (unpaired) electrons. The number of rotatable bonds is 1. The Balaban J connectivity index is 0.000000211. The van der Waals surface area contributed by atoms with E-state index >= 15 is 0 Å². The van der Waals surface area contributed by atoms with Gasteiger partial charge in [-0.25, -0.2) is 9.97 Å². The number of nitrogen functional groups attached to an aromatic ring is 1. The third kappa shape index (κ3) is 5.04. The van der Waals surface area contributed by atoms with Gasteiger partial charge in [-0.2, -0.15) is 5.26 Å². The van der Waals surface area contributed by atoms with Crippen LogP contribution in [-0.4, -0.2) is 14.9 Å². The molecule has 0 bridgehead atoms. The van der Waals surface area contributed by atoms with Crippen LogP contribution in [0.4, 0.5) is 11.4 Å². The predicted octanol–water partition coefficient (Wildman–Crippen LogP) is 3.49. The maximum Gasteiger partial charge on any atom is 0.306 e. The van der Waals surface area contributed by atoms with Crippen LogP contribution < -0.4 is 5.73 Å². The van der Waals surface area contributed by atoms with Gasteiger partial charge in [0, 0.05) is 6.07 Å². The summed E-state index contributed by atoms with van der Waals surface area (Å²) in [4.78, 5) is 16.7. The van der Waals surface area contributed by atoms with Gasteiger partial charge in [0.1, 0.15) is 16.4 Å². The second kappa shape index (κ2) is 7.59. The SMILES string of the molecule is N#Cc1nc(Cl)ccc1N.O=[N+]([O-])c1ccc(Cl)nc1Cl. The van der Waals surface area contributed by atoms with Crippen LogP contribution in [0, 0.1) is 21.4 Å². The van der Waals surface area contributed by atoms with Gasteiger partial charge in [0.2, 0.25) is 5.15 Å². The number of nitrogens with zero attached hydrogens (tertiary/aromatic N) is 4. The molecular formula is C11H6Cl3N5O2. The van der Waals surface area contributed by atoms with E-state index < -0.39 is 4.92 Å². The Bertz CT molecular complexity index is 717. The van der Waals surface area contributed by atoms with E-state index in [0.29, 0.717) is 5.69 Å². The normalized spacial score (nSPS) is 9.24. The Morgan fingerprint density at radius 1 is 1.14 bits per heavy atom. The number of nitro groups is 1. The van der Waals surface area contributed by atoms with Crippen LogP contribution in [0.3, 0.4) is 0 Å². The number of anilines is 1. The first-order valence-corrected chi connectivity index (χ1v) is 6.27. The van der Waals surface area contributed by atoms with Crippen LogP contribution in [0.2, 0.25) is 15.5 Å². The van der Waals surface area contributed by atoms with Crippen molar-refractivity contribution in [3.63, 3.8) is 0 Å². The van der Waals surface area contributed by atoms with Gasteiger partial charge >= 0.3 is 5.69 Å². The summed E-state index contributed by atoms with van der Waals surface area (Å²) in [7, 11) is 0. The lowest BCUT2D eigenvalue weighted by Crippen LogP contribution is -1.92. The van der Waals surface area contributed by atoms with E-state index in [1.807, 2.05) is 6.07 Å². The van der Waals surface area contributed by atoms with Gasteiger partial charge in [-0.1, -0.05) is 34.8 Å². The van der Waals surface area contributed by atoms with Crippen molar-refractivity contribution < 1.29 is 4.92 Å². The maximum absolute atomic E-state index is 10.2. The Labute approximate surface area is 134 Å². The molecule has 10 heteroatoms. The molecule has 0 spiro atoms. The van der Waals surface area contributed by atoms with Crippen LogP contribution >= 0.6 is 34.8 Å². The average molecular weight is 347 g/mol. The van der Waals surface area contributed by atoms with Crippen molar-refractivity contribution in [1.29, 1.82) is 5.26 Å². The smallest absolute Gasteiger partial charge is 0.306 e. The second-order valence-corrected chi connectivity index (χ2v) is 4.52. The summed E-state index contributed by atoms with van der Waals surface area (Å²) >= 11 is 16.3. The highest BCUT2D eigenvalue weighted by Gasteiger charge is 2.12. The van der Waals surface area contributed by atoms with E-state index in [-0.39, 0.29) is 26.8 Å². The quantitative estimate of drug-likeness (QED) is 0.479. The molecular weight excluding hydrogens is 341 g/mol. The Morgan fingerprint density at radius 3 is 2.19 bits per heavy atom. The van der Waals surface area contributed by atoms with Gasteiger partial charge in [0.05, 0.1) is 10.6 Å². The summed E-state index contributed by atoms with van der Waals surface area (Å²) in [5.74, 6) is 0. The molecule has 2 heterocycles. The van der Waals surface area contributed by atoms with Gasteiger partial charge < -0.3 is 5.73 Å². The summed E-state index contributed by atoms with van der Waals surface area (Å²) in [6, 6.07) is 7.42. The van der Waals surface area contributed by atoms with Crippen molar-refractivity contribution in [1.82, 2.24) is 9.97 Å². The Morgan fingerprint density at radius 2 is 1.71 bits per heavy atom. The summed E-state index contributed by atoms with van der Waals surface area (Å²) in [5, 5.41) is 18.8. The van der Waals surface area contributed by atoms with Crippen molar-refractivity contribution in [2.75, 3.05) is 5.73 Å². The maximum atomic E-state index is 10.2. The predicted molar refractivity (Wildman–Crippen MR) is 79.3 cm³/mol. The average Bonchev–Trinajstić information content (AvgIpc) is 2.41. The highest BCUT2D eigenvalue weighted by Crippen LogP contribution is 2.22. The molecule has 0 saturated carbocycles. The van der Waals surface area contributed by atoms with E-state index in [4.69, 9.17) is 45.8 Å². The molecule has 0 amide bonds. The van der Waals surface area contributed by atoms with Gasteiger partial charge in [-0.3, -0.25) is 10.1 Å². The van der Waals surface area contributed by atoms with Crippen molar-refractivity contribution in [2.24, 2.45) is 0 Å². The number of nitriles is 1. The summed E-state index contributed by atoms with van der Waals surface area (Å²) in [6.07, 6.45) is 0. The molecule has 0 aromatic carbocycles. The van der Waals surface area contributed by atoms with Crippen LogP contribution in [0.1, 0.15) is 5.69 Å². The molecule has 7 nitrogen and oxygen atoms in total. The van der Waals surface area contributed by atoms with Gasteiger partial charge in [-0.15, -0.1) is 0 Å². The number of nitrogens with two attached hydrogens (primary N) is 1. The number of aromatic nitrogens is 2. The minimum absolute atomic E-state index is 0.139. The third-order valence-corrected chi connectivity index (χ3v) is 2.69.